The molecule has 37 heavy (non-hydrogen) atoms. The van der Waals surface area contributed by atoms with Gasteiger partial charge in [0.2, 0.25) is 5.60 Å². The van der Waals surface area contributed by atoms with E-state index in [9.17, 15) is 23.1 Å². The van der Waals surface area contributed by atoms with Crippen LogP contribution in [0.3, 0.4) is 0 Å². The van der Waals surface area contributed by atoms with Gasteiger partial charge in [-0.15, -0.1) is 0 Å². The van der Waals surface area contributed by atoms with Crippen LogP contribution in [-0.2, 0) is 4.79 Å². The molecule has 0 radical (unpaired) electrons. The van der Waals surface area contributed by atoms with E-state index in [0.29, 0.717) is 37.4 Å². The molecule has 1 aliphatic rings. The maximum absolute atomic E-state index is 13.7. The number of carboxylic acid groups (broad SMARTS) is 1. The van der Waals surface area contributed by atoms with Crippen molar-refractivity contribution in [1.82, 2.24) is 0 Å². The number of carboxylic acids is 1. The smallest absolute Gasteiger partial charge is 0.416 e. The normalized spacial score (nSPS) is 18.6. The van der Waals surface area contributed by atoms with Crippen LogP contribution in [0.5, 0.6) is 23.0 Å². The van der Waals surface area contributed by atoms with E-state index in [0.717, 1.165) is 6.08 Å². The van der Waals surface area contributed by atoms with Gasteiger partial charge in [0.05, 0.1) is 23.8 Å². The van der Waals surface area contributed by atoms with Gasteiger partial charge in [-0.2, -0.15) is 13.2 Å². The molecule has 0 spiro atoms. The number of halogens is 4. The summed E-state index contributed by atoms with van der Waals surface area (Å²) >= 11 is 6.23. The van der Waals surface area contributed by atoms with Gasteiger partial charge in [-0.25, -0.2) is 4.79 Å². The highest BCUT2D eigenvalue weighted by Crippen LogP contribution is 2.48. The minimum atomic E-state index is -4.55. The highest BCUT2D eigenvalue weighted by Gasteiger charge is 2.42. The lowest BCUT2D eigenvalue weighted by atomic mass is 9.91. The van der Waals surface area contributed by atoms with Crippen molar-refractivity contribution in [3.63, 3.8) is 0 Å². The molecule has 2 aromatic rings. The highest BCUT2D eigenvalue weighted by atomic mass is 35.5. The molecule has 0 amide bonds. The minimum Gasteiger partial charge on any atom is -0.493 e. The number of fused-ring (bicyclic) bond motifs is 1. The number of ether oxygens (including phenoxy) is 4. The number of hydrogen-bond acceptors (Lipinski definition) is 5. The first-order chi connectivity index (χ1) is 17.3. The van der Waals surface area contributed by atoms with Crippen molar-refractivity contribution in [3.8, 4) is 23.0 Å². The molecule has 2 aromatic carbocycles. The molecular weight excluding hydrogens is 513 g/mol. The molecule has 1 aliphatic heterocycles. The Morgan fingerprint density at radius 2 is 1.70 bits per heavy atom. The molecule has 6 nitrogen and oxygen atoms in total. The molecule has 0 aromatic heterocycles. The zero-order valence-electron chi connectivity index (χ0n) is 21.1. The monoisotopic (exact) mass is 542 g/mol. The van der Waals surface area contributed by atoms with Crippen LogP contribution in [0.4, 0.5) is 13.2 Å². The zero-order valence-corrected chi connectivity index (χ0v) is 21.8. The average molecular weight is 543 g/mol. The second kappa shape index (κ2) is 11.1. The Balaban J connectivity index is 1.56. The maximum atomic E-state index is 13.7. The van der Waals surface area contributed by atoms with E-state index in [1.807, 2.05) is 0 Å². The van der Waals surface area contributed by atoms with E-state index in [1.165, 1.54) is 19.1 Å². The van der Waals surface area contributed by atoms with Crippen LogP contribution < -0.4 is 18.9 Å². The number of hydrogen-bond donors (Lipinski definition) is 1. The fourth-order valence-electron chi connectivity index (χ4n) is 3.57. The molecule has 202 valence electrons. The predicted molar refractivity (Wildman–Crippen MR) is 134 cm³/mol. The van der Waals surface area contributed by atoms with Crippen molar-refractivity contribution in [2.45, 2.75) is 64.3 Å². The van der Waals surface area contributed by atoms with E-state index < -0.39 is 28.9 Å². The number of benzene rings is 2. The lowest BCUT2D eigenvalue weighted by Gasteiger charge is -2.34. The second-order valence-electron chi connectivity index (χ2n) is 9.12. The molecule has 0 saturated carbocycles. The SMILES string of the molecule is CCC1(C)C=C(C(F)(F)F)c2cc(Cl)c(OCCCOc3ccc(O[C@](C)(CC)C(=O)O)cc3)cc2O1. The van der Waals surface area contributed by atoms with Gasteiger partial charge in [0, 0.05) is 18.1 Å². The van der Waals surface area contributed by atoms with Crippen molar-refractivity contribution >= 4 is 23.1 Å². The van der Waals surface area contributed by atoms with Gasteiger partial charge in [-0.1, -0.05) is 25.4 Å². The van der Waals surface area contributed by atoms with Crippen LogP contribution in [-0.4, -0.2) is 41.7 Å². The quantitative estimate of drug-likeness (QED) is 0.300. The third-order valence-electron chi connectivity index (χ3n) is 6.23. The first kappa shape index (κ1) is 28.5. The number of carbonyl (C=O) groups is 1. The van der Waals surface area contributed by atoms with Crippen LogP contribution in [0.1, 0.15) is 52.5 Å². The summed E-state index contributed by atoms with van der Waals surface area (Å²) in [6, 6.07) is 9.21. The van der Waals surface area contributed by atoms with Crippen LogP contribution >= 0.6 is 11.6 Å². The minimum absolute atomic E-state index is 0.0505. The van der Waals surface area contributed by atoms with Crippen molar-refractivity contribution < 1.29 is 42.0 Å². The standard InChI is InChI=1S/C27H30ClF3O6/c1-5-25(3)16-20(27(29,30)31)19-14-21(28)23(15-22(19)37-25)35-13-7-12-34-17-8-10-18(11-9-17)36-26(4,6-2)24(32)33/h8-11,14-16H,5-7,12-13H2,1-4H3,(H,32,33)/t25?,26-/m1/s1. The zero-order chi connectivity index (χ0) is 27.4. The number of allylic oxidation sites excluding steroid dienone is 1. The Morgan fingerprint density at radius 3 is 2.27 bits per heavy atom. The van der Waals surface area contributed by atoms with Gasteiger partial charge in [0.1, 0.15) is 28.6 Å². The number of alkyl halides is 3. The van der Waals surface area contributed by atoms with E-state index in [2.05, 4.69) is 0 Å². The van der Waals surface area contributed by atoms with Crippen molar-refractivity contribution in [1.29, 1.82) is 0 Å². The fraction of sp³-hybridized carbons (Fsp3) is 0.444. The van der Waals surface area contributed by atoms with E-state index in [4.69, 9.17) is 30.5 Å². The van der Waals surface area contributed by atoms with Crippen LogP contribution in [0, 0.1) is 0 Å². The predicted octanol–water partition coefficient (Wildman–Crippen LogP) is 7.33. The van der Waals surface area contributed by atoms with E-state index in [-0.39, 0.29) is 28.7 Å². The Hall–Kier alpha value is -3.07. The number of aliphatic carboxylic acids is 1. The Bertz CT molecular complexity index is 1150. The van der Waals surface area contributed by atoms with Crippen LogP contribution in [0.2, 0.25) is 5.02 Å². The van der Waals surface area contributed by atoms with Gasteiger partial charge in [0.15, 0.2) is 0 Å². The Kier molecular flexibility index (Phi) is 8.57. The Labute approximate surface area is 218 Å². The van der Waals surface area contributed by atoms with Crippen LogP contribution in [0.15, 0.2) is 42.5 Å². The molecule has 0 fully saturated rings. The van der Waals surface area contributed by atoms with Crippen molar-refractivity contribution in [3.05, 3.63) is 53.1 Å². The summed E-state index contributed by atoms with van der Waals surface area (Å²) in [6.07, 6.45) is -2.32. The first-order valence-corrected chi connectivity index (χ1v) is 12.3. The largest absolute Gasteiger partial charge is 0.493 e. The van der Waals surface area contributed by atoms with Gasteiger partial charge in [-0.3, -0.25) is 0 Å². The summed E-state index contributed by atoms with van der Waals surface area (Å²) < 4.78 is 63.8. The van der Waals surface area contributed by atoms with Gasteiger partial charge < -0.3 is 24.1 Å². The molecule has 3 rings (SSSR count). The third-order valence-corrected chi connectivity index (χ3v) is 6.53. The molecule has 1 N–H and O–H groups in total. The third kappa shape index (κ3) is 6.83. The topological polar surface area (TPSA) is 74.2 Å². The van der Waals surface area contributed by atoms with E-state index in [1.54, 1.807) is 45.0 Å². The summed E-state index contributed by atoms with van der Waals surface area (Å²) in [6.45, 7) is 7.10. The lowest BCUT2D eigenvalue weighted by molar-refractivity contribution is -0.154. The molecular formula is C27H30ClF3O6. The molecule has 0 aliphatic carbocycles. The second-order valence-corrected chi connectivity index (χ2v) is 9.52. The van der Waals surface area contributed by atoms with Crippen molar-refractivity contribution in [2.24, 2.45) is 0 Å². The summed E-state index contributed by atoms with van der Waals surface area (Å²) in [5, 5.41) is 9.38. The van der Waals surface area contributed by atoms with Gasteiger partial charge >= 0.3 is 12.1 Å². The number of rotatable bonds is 11. The first-order valence-electron chi connectivity index (χ1n) is 11.9. The van der Waals surface area contributed by atoms with Crippen molar-refractivity contribution in [2.75, 3.05) is 13.2 Å². The fourth-order valence-corrected chi connectivity index (χ4v) is 3.79. The van der Waals surface area contributed by atoms with Gasteiger partial charge in [-0.05, 0) is 63.1 Å². The summed E-state index contributed by atoms with van der Waals surface area (Å²) in [4.78, 5) is 11.4. The van der Waals surface area contributed by atoms with Gasteiger partial charge in [0.25, 0.3) is 0 Å². The van der Waals surface area contributed by atoms with Crippen LogP contribution in [0.25, 0.3) is 5.57 Å². The lowest BCUT2D eigenvalue weighted by Crippen LogP contribution is -2.40. The summed E-state index contributed by atoms with van der Waals surface area (Å²) in [7, 11) is 0. The summed E-state index contributed by atoms with van der Waals surface area (Å²) in [5.74, 6) is 0.221. The molecule has 0 saturated heterocycles. The summed E-state index contributed by atoms with van der Waals surface area (Å²) in [5.41, 5.74) is -3.31. The Morgan fingerprint density at radius 1 is 1.08 bits per heavy atom. The molecule has 1 heterocycles. The average Bonchev–Trinajstić information content (AvgIpc) is 2.84. The molecule has 2 atom stereocenters. The molecule has 0 bridgehead atoms. The molecule has 10 heteroatoms. The highest BCUT2D eigenvalue weighted by molar-refractivity contribution is 6.32. The maximum Gasteiger partial charge on any atom is 0.416 e. The molecule has 1 unspecified atom stereocenters. The van der Waals surface area contributed by atoms with E-state index >= 15 is 0 Å².